The maximum atomic E-state index is 12.1. The Balaban J connectivity index is 2.25. The molecule has 1 amide bonds. The van der Waals surface area contributed by atoms with Crippen LogP contribution in [0.4, 0.5) is 11.4 Å². The van der Waals surface area contributed by atoms with Gasteiger partial charge in [-0.15, -0.1) is 0 Å². The second-order valence-corrected chi connectivity index (χ2v) is 5.36. The summed E-state index contributed by atoms with van der Waals surface area (Å²) in [5, 5.41) is 22.9. The lowest BCUT2D eigenvalue weighted by Gasteiger charge is -2.08. The lowest BCUT2D eigenvalue weighted by atomic mass is 10.2. The van der Waals surface area contributed by atoms with E-state index in [9.17, 15) is 20.0 Å². The van der Waals surface area contributed by atoms with Gasteiger partial charge in [-0.3, -0.25) is 14.9 Å². The van der Waals surface area contributed by atoms with Gasteiger partial charge in [-0.2, -0.15) is 0 Å². The molecule has 8 heteroatoms. The molecule has 108 valence electrons. The molecule has 0 saturated heterocycles. The van der Waals surface area contributed by atoms with Gasteiger partial charge in [-0.25, -0.2) is 0 Å². The third-order valence-corrected chi connectivity index (χ3v) is 3.42. The smallest absolute Gasteiger partial charge is 0.273 e. The molecule has 0 spiro atoms. The van der Waals surface area contributed by atoms with E-state index >= 15 is 0 Å². The maximum Gasteiger partial charge on any atom is 0.273 e. The number of halogens is 2. The number of carbonyl (C=O) groups is 1. The standard InChI is InChI=1S/C13H8BrClN2O4/c14-7-1-3-9(10(15)5-7)13(19)16-11-4-2-8(17(20)21)6-12(11)18/h1-6,18H,(H,16,19). The summed E-state index contributed by atoms with van der Waals surface area (Å²) in [5.74, 6) is -0.928. The number of phenolic OH excluding ortho intramolecular Hbond substituents is 1. The van der Waals surface area contributed by atoms with Crippen LogP contribution in [0.15, 0.2) is 40.9 Å². The minimum atomic E-state index is -0.642. The molecule has 0 atom stereocenters. The quantitative estimate of drug-likeness (QED) is 0.485. The normalized spacial score (nSPS) is 10.2. The number of rotatable bonds is 3. The molecular weight excluding hydrogens is 364 g/mol. The van der Waals surface area contributed by atoms with Gasteiger partial charge in [-0.05, 0) is 24.3 Å². The predicted octanol–water partition coefficient (Wildman–Crippen LogP) is 3.97. The number of carbonyl (C=O) groups excluding carboxylic acids is 1. The molecule has 0 bridgehead atoms. The number of anilines is 1. The van der Waals surface area contributed by atoms with Gasteiger partial charge in [0.2, 0.25) is 0 Å². The molecule has 2 aromatic carbocycles. The minimum Gasteiger partial charge on any atom is -0.506 e. The SMILES string of the molecule is O=C(Nc1ccc([N+](=O)[O-])cc1O)c1ccc(Br)cc1Cl. The molecule has 2 aromatic rings. The van der Waals surface area contributed by atoms with E-state index in [1.54, 1.807) is 12.1 Å². The third kappa shape index (κ3) is 3.50. The van der Waals surface area contributed by atoms with Crippen molar-refractivity contribution in [2.24, 2.45) is 0 Å². The van der Waals surface area contributed by atoms with E-state index < -0.39 is 16.6 Å². The number of nitro groups is 1. The Hall–Kier alpha value is -2.12. The lowest BCUT2D eigenvalue weighted by molar-refractivity contribution is -0.384. The average molecular weight is 372 g/mol. The first-order chi connectivity index (χ1) is 9.88. The minimum absolute atomic E-state index is 0.0598. The Kier molecular flexibility index (Phi) is 4.44. The van der Waals surface area contributed by atoms with Gasteiger partial charge in [0, 0.05) is 10.5 Å². The zero-order valence-electron chi connectivity index (χ0n) is 10.3. The average Bonchev–Trinajstić information content (AvgIpc) is 2.40. The number of phenols is 1. The van der Waals surface area contributed by atoms with Gasteiger partial charge in [0.15, 0.2) is 0 Å². The molecule has 2 rings (SSSR count). The zero-order chi connectivity index (χ0) is 15.6. The summed E-state index contributed by atoms with van der Waals surface area (Å²) < 4.78 is 0.724. The van der Waals surface area contributed by atoms with Crippen LogP contribution in [-0.2, 0) is 0 Å². The van der Waals surface area contributed by atoms with E-state index in [2.05, 4.69) is 21.2 Å². The largest absolute Gasteiger partial charge is 0.506 e. The fourth-order valence-electron chi connectivity index (χ4n) is 1.60. The fraction of sp³-hybridized carbons (Fsp3) is 0. The van der Waals surface area contributed by atoms with Crippen molar-refractivity contribution in [1.29, 1.82) is 0 Å². The highest BCUT2D eigenvalue weighted by Gasteiger charge is 2.15. The Bertz CT molecular complexity index is 736. The van der Waals surface area contributed by atoms with Crippen molar-refractivity contribution >= 4 is 44.8 Å². The number of amides is 1. The number of hydrogen-bond donors (Lipinski definition) is 2. The first-order valence-electron chi connectivity index (χ1n) is 5.62. The number of nitro benzene ring substituents is 1. The molecule has 6 nitrogen and oxygen atoms in total. The molecule has 0 heterocycles. The van der Waals surface area contributed by atoms with Crippen molar-refractivity contribution in [3.63, 3.8) is 0 Å². The summed E-state index contributed by atoms with van der Waals surface area (Å²) in [6.45, 7) is 0. The molecule has 2 N–H and O–H groups in total. The van der Waals surface area contributed by atoms with Crippen LogP contribution in [0.3, 0.4) is 0 Å². The van der Waals surface area contributed by atoms with Crippen molar-refractivity contribution in [1.82, 2.24) is 0 Å². The molecule has 0 aliphatic rings. The van der Waals surface area contributed by atoms with E-state index in [1.165, 1.54) is 18.2 Å². The van der Waals surface area contributed by atoms with Crippen LogP contribution in [0.1, 0.15) is 10.4 Å². The van der Waals surface area contributed by atoms with E-state index in [0.717, 1.165) is 10.5 Å². The number of aromatic hydroxyl groups is 1. The molecule has 21 heavy (non-hydrogen) atoms. The van der Waals surface area contributed by atoms with Crippen LogP contribution < -0.4 is 5.32 Å². The summed E-state index contributed by atoms with van der Waals surface area (Å²) in [6.07, 6.45) is 0. The molecule has 0 aliphatic carbocycles. The monoisotopic (exact) mass is 370 g/mol. The second kappa shape index (κ2) is 6.11. The van der Waals surface area contributed by atoms with Gasteiger partial charge in [0.25, 0.3) is 11.6 Å². The van der Waals surface area contributed by atoms with Crippen LogP contribution in [0.25, 0.3) is 0 Å². The van der Waals surface area contributed by atoms with Crippen molar-refractivity contribution in [3.05, 3.63) is 61.6 Å². The van der Waals surface area contributed by atoms with Crippen molar-refractivity contribution in [3.8, 4) is 5.75 Å². The molecule has 0 fully saturated rings. The van der Waals surface area contributed by atoms with E-state index in [-0.39, 0.29) is 22.0 Å². The number of nitrogens with one attached hydrogen (secondary N) is 1. The van der Waals surface area contributed by atoms with Crippen LogP contribution in [0.5, 0.6) is 5.75 Å². The highest BCUT2D eigenvalue weighted by atomic mass is 79.9. The highest BCUT2D eigenvalue weighted by molar-refractivity contribution is 9.10. The predicted molar refractivity (Wildman–Crippen MR) is 81.9 cm³/mol. The molecule has 0 unspecified atom stereocenters. The Morgan fingerprint density at radius 2 is 2.00 bits per heavy atom. The van der Waals surface area contributed by atoms with Crippen molar-refractivity contribution < 1.29 is 14.8 Å². The number of benzene rings is 2. The van der Waals surface area contributed by atoms with Gasteiger partial charge in [0.05, 0.1) is 27.3 Å². The Morgan fingerprint density at radius 3 is 2.57 bits per heavy atom. The summed E-state index contributed by atoms with van der Waals surface area (Å²) in [7, 11) is 0. The van der Waals surface area contributed by atoms with E-state index in [4.69, 9.17) is 11.6 Å². The molecular formula is C13H8BrClN2O4. The molecule has 0 aromatic heterocycles. The van der Waals surface area contributed by atoms with Gasteiger partial charge >= 0.3 is 0 Å². The van der Waals surface area contributed by atoms with Crippen molar-refractivity contribution in [2.75, 3.05) is 5.32 Å². The molecule has 0 aliphatic heterocycles. The molecule has 0 saturated carbocycles. The zero-order valence-corrected chi connectivity index (χ0v) is 12.7. The van der Waals surface area contributed by atoms with Crippen LogP contribution >= 0.6 is 27.5 Å². The highest BCUT2D eigenvalue weighted by Crippen LogP contribution is 2.29. The van der Waals surface area contributed by atoms with Crippen LogP contribution in [0, 0.1) is 10.1 Å². The maximum absolute atomic E-state index is 12.1. The molecule has 0 radical (unpaired) electrons. The first-order valence-corrected chi connectivity index (χ1v) is 6.79. The van der Waals surface area contributed by atoms with Gasteiger partial charge in [0.1, 0.15) is 5.75 Å². The van der Waals surface area contributed by atoms with E-state index in [0.29, 0.717) is 0 Å². The van der Waals surface area contributed by atoms with E-state index in [1.807, 2.05) is 0 Å². The summed E-state index contributed by atoms with van der Waals surface area (Å²) in [5.41, 5.74) is 0.00868. The Labute approximate surface area is 132 Å². The Morgan fingerprint density at radius 1 is 1.29 bits per heavy atom. The number of hydrogen-bond acceptors (Lipinski definition) is 4. The summed E-state index contributed by atoms with van der Waals surface area (Å²) in [6, 6.07) is 8.11. The number of nitrogens with zero attached hydrogens (tertiary/aromatic N) is 1. The number of non-ortho nitro benzene ring substituents is 1. The van der Waals surface area contributed by atoms with Crippen LogP contribution in [0.2, 0.25) is 5.02 Å². The fourth-order valence-corrected chi connectivity index (χ4v) is 2.36. The summed E-state index contributed by atoms with van der Waals surface area (Å²) in [4.78, 5) is 22.0. The van der Waals surface area contributed by atoms with Gasteiger partial charge in [-0.1, -0.05) is 27.5 Å². The topological polar surface area (TPSA) is 92.5 Å². The lowest BCUT2D eigenvalue weighted by Crippen LogP contribution is -2.12. The van der Waals surface area contributed by atoms with Gasteiger partial charge < -0.3 is 10.4 Å². The third-order valence-electron chi connectivity index (χ3n) is 2.62. The summed E-state index contributed by atoms with van der Waals surface area (Å²) >= 11 is 9.18. The van der Waals surface area contributed by atoms with Crippen LogP contribution in [-0.4, -0.2) is 15.9 Å². The van der Waals surface area contributed by atoms with Crippen molar-refractivity contribution in [2.45, 2.75) is 0 Å². The first kappa shape index (κ1) is 15.3. The second-order valence-electron chi connectivity index (χ2n) is 4.04.